The largest absolute Gasteiger partial charge is 0.497 e. The number of benzene rings is 3. The van der Waals surface area contributed by atoms with E-state index < -0.39 is 18.6 Å². The summed E-state index contributed by atoms with van der Waals surface area (Å²) >= 11 is 0. The van der Waals surface area contributed by atoms with Crippen LogP contribution in [0.15, 0.2) is 66.7 Å². The van der Waals surface area contributed by atoms with Gasteiger partial charge in [0.2, 0.25) is 11.8 Å². The zero-order valence-corrected chi connectivity index (χ0v) is 15.5. The molecule has 3 N–H and O–H groups in total. The predicted octanol–water partition coefficient (Wildman–Crippen LogP) is 2.51. The van der Waals surface area contributed by atoms with Crippen molar-refractivity contribution >= 4 is 28.3 Å². The maximum atomic E-state index is 12.4. The molecule has 3 aromatic rings. The first-order chi connectivity index (χ1) is 13.6. The van der Waals surface area contributed by atoms with Gasteiger partial charge in [-0.05, 0) is 40.6 Å². The average Bonchev–Trinajstić information content (AvgIpc) is 2.72. The van der Waals surface area contributed by atoms with Crippen molar-refractivity contribution in [2.24, 2.45) is 0 Å². The number of aliphatic hydroxyl groups excluding tert-OH is 1. The molecule has 0 saturated carbocycles. The molecule has 6 heteroatoms. The van der Waals surface area contributed by atoms with E-state index in [1.807, 2.05) is 42.5 Å². The Labute approximate surface area is 163 Å². The number of amides is 2. The van der Waals surface area contributed by atoms with E-state index in [1.165, 1.54) is 0 Å². The summed E-state index contributed by atoms with van der Waals surface area (Å²) in [6, 6.07) is 19.3. The van der Waals surface area contributed by atoms with Crippen LogP contribution in [0.1, 0.15) is 5.56 Å². The molecule has 0 radical (unpaired) electrons. The fourth-order valence-electron chi connectivity index (χ4n) is 2.96. The summed E-state index contributed by atoms with van der Waals surface area (Å²) in [7, 11) is 1.56. The lowest BCUT2D eigenvalue weighted by Crippen LogP contribution is -2.46. The zero-order chi connectivity index (χ0) is 19.9. The van der Waals surface area contributed by atoms with Crippen molar-refractivity contribution in [1.82, 2.24) is 5.32 Å². The second-order valence-electron chi connectivity index (χ2n) is 6.34. The van der Waals surface area contributed by atoms with Crippen molar-refractivity contribution in [1.29, 1.82) is 0 Å². The highest BCUT2D eigenvalue weighted by Crippen LogP contribution is 2.19. The predicted molar refractivity (Wildman–Crippen MR) is 108 cm³/mol. The molecule has 0 aliphatic heterocycles. The van der Waals surface area contributed by atoms with E-state index in [1.54, 1.807) is 31.4 Å². The molecule has 0 bridgehead atoms. The molecule has 3 aromatic carbocycles. The van der Waals surface area contributed by atoms with Crippen molar-refractivity contribution in [2.75, 3.05) is 19.0 Å². The van der Waals surface area contributed by atoms with Crippen LogP contribution in [0, 0.1) is 0 Å². The highest BCUT2D eigenvalue weighted by atomic mass is 16.5. The second kappa shape index (κ2) is 9.01. The first-order valence-electron chi connectivity index (χ1n) is 8.92. The Morgan fingerprint density at radius 1 is 1.00 bits per heavy atom. The molecule has 0 fully saturated rings. The minimum absolute atomic E-state index is 0.119. The van der Waals surface area contributed by atoms with Crippen LogP contribution in [0.2, 0.25) is 0 Å². The summed E-state index contributed by atoms with van der Waals surface area (Å²) in [5.41, 5.74) is 1.41. The Balaban J connectivity index is 1.64. The van der Waals surface area contributed by atoms with Gasteiger partial charge in [-0.2, -0.15) is 0 Å². The lowest BCUT2D eigenvalue weighted by atomic mass is 10.0. The standard InChI is InChI=1S/C22H22N2O4/c1-28-18-11-9-17(10-12-18)23-22(27)20(14-25)24-21(26)13-16-7-4-6-15-5-2-3-8-19(15)16/h2-12,20,25H,13-14H2,1H3,(H,23,27)(H,24,26)/t20-/m0/s1. The molecule has 28 heavy (non-hydrogen) atoms. The molecule has 1 atom stereocenters. The molecule has 0 unspecified atom stereocenters. The fraction of sp³-hybridized carbons (Fsp3) is 0.182. The van der Waals surface area contributed by atoms with Gasteiger partial charge in [0.1, 0.15) is 11.8 Å². The normalized spacial score (nSPS) is 11.6. The Morgan fingerprint density at radius 3 is 2.43 bits per heavy atom. The summed E-state index contributed by atoms with van der Waals surface area (Å²) in [5, 5.41) is 16.9. The number of aliphatic hydroxyl groups is 1. The summed E-state index contributed by atoms with van der Waals surface area (Å²) < 4.78 is 5.07. The second-order valence-corrected chi connectivity index (χ2v) is 6.34. The van der Waals surface area contributed by atoms with Crippen LogP contribution < -0.4 is 15.4 Å². The molecular formula is C22H22N2O4. The van der Waals surface area contributed by atoms with Gasteiger partial charge in [-0.15, -0.1) is 0 Å². The maximum absolute atomic E-state index is 12.4. The van der Waals surface area contributed by atoms with Crippen molar-refractivity contribution in [3.63, 3.8) is 0 Å². The molecule has 6 nitrogen and oxygen atoms in total. The van der Waals surface area contributed by atoms with Gasteiger partial charge < -0.3 is 20.5 Å². The number of nitrogens with one attached hydrogen (secondary N) is 2. The van der Waals surface area contributed by atoms with E-state index in [0.717, 1.165) is 16.3 Å². The van der Waals surface area contributed by atoms with Crippen molar-refractivity contribution in [3.8, 4) is 5.75 Å². The van der Waals surface area contributed by atoms with E-state index in [4.69, 9.17) is 4.74 Å². The van der Waals surface area contributed by atoms with Gasteiger partial charge in [0.05, 0.1) is 20.1 Å². The third-order valence-electron chi connectivity index (χ3n) is 4.42. The third-order valence-corrected chi connectivity index (χ3v) is 4.42. The highest BCUT2D eigenvalue weighted by molar-refractivity contribution is 5.98. The van der Waals surface area contributed by atoms with Gasteiger partial charge in [0, 0.05) is 5.69 Å². The Hall–Kier alpha value is -3.38. The molecule has 0 aliphatic rings. The molecule has 0 spiro atoms. The van der Waals surface area contributed by atoms with Crippen LogP contribution in [0.25, 0.3) is 10.8 Å². The highest BCUT2D eigenvalue weighted by Gasteiger charge is 2.20. The minimum Gasteiger partial charge on any atom is -0.497 e. The summed E-state index contributed by atoms with van der Waals surface area (Å²) in [6.07, 6.45) is 0.119. The van der Waals surface area contributed by atoms with E-state index in [9.17, 15) is 14.7 Å². The van der Waals surface area contributed by atoms with Crippen LogP contribution in [0.3, 0.4) is 0 Å². The van der Waals surface area contributed by atoms with Crippen LogP contribution in [-0.4, -0.2) is 36.7 Å². The average molecular weight is 378 g/mol. The molecular weight excluding hydrogens is 356 g/mol. The quantitative estimate of drug-likeness (QED) is 0.590. The van der Waals surface area contributed by atoms with E-state index in [2.05, 4.69) is 10.6 Å². The van der Waals surface area contributed by atoms with Crippen molar-refractivity contribution < 1.29 is 19.4 Å². The Bertz CT molecular complexity index is 964. The van der Waals surface area contributed by atoms with Gasteiger partial charge in [0.15, 0.2) is 0 Å². The number of hydrogen-bond donors (Lipinski definition) is 3. The number of fused-ring (bicyclic) bond motifs is 1. The molecule has 0 aliphatic carbocycles. The van der Waals surface area contributed by atoms with Crippen LogP contribution in [0.5, 0.6) is 5.75 Å². The van der Waals surface area contributed by atoms with E-state index >= 15 is 0 Å². The molecule has 2 amide bonds. The SMILES string of the molecule is COc1ccc(NC(=O)[C@H](CO)NC(=O)Cc2cccc3ccccc23)cc1. The van der Waals surface area contributed by atoms with Gasteiger partial charge in [-0.25, -0.2) is 0 Å². The Kier molecular flexibility index (Phi) is 6.24. The third kappa shape index (κ3) is 4.66. The molecule has 0 aromatic heterocycles. The summed E-state index contributed by atoms with van der Waals surface area (Å²) in [5.74, 6) is -0.153. The van der Waals surface area contributed by atoms with E-state index in [-0.39, 0.29) is 12.3 Å². The number of carbonyl (C=O) groups excluding carboxylic acids is 2. The minimum atomic E-state index is -1.04. The van der Waals surface area contributed by atoms with Crippen molar-refractivity contribution in [3.05, 3.63) is 72.3 Å². The van der Waals surface area contributed by atoms with Gasteiger partial charge >= 0.3 is 0 Å². The number of anilines is 1. The lowest BCUT2D eigenvalue weighted by molar-refractivity contribution is -0.126. The molecule has 3 rings (SSSR count). The van der Waals surface area contributed by atoms with Gasteiger partial charge in [0.25, 0.3) is 0 Å². The van der Waals surface area contributed by atoms with Crippen LogP contribution in [-0.2, 0) is 16.0 Å². The first kappa shape index (κ1) is 19.4. The number of methoxy groups -OCH3 is 1. The van der Waals surface area contributed by atoms with Gasteiger partial charge in [-0.3, -0.25) is 9.59 Å². The van der Waals surface area contributed by atoms with Crippen LogP contribution in [0.4, 0.5) is 5.69 Å². The van der Waals surface area contributed by atoms with E-state index in [0.29, 0.717) is 11.4 Å². The summed E-state index contributed by atoms with van der Waals surface area (Å²) in [4.78, 5) is 24.8. The number of hydrogen-bond acceptors (Lipinski definition) is 4. The monoisotopic (exact) mass is 378 g/mol. The fourth-order valence-corrected chi connectivity index (χ4v) is 2.96. The molecule has 0 saturated heterocycles. The smallest absolute Gasteiger partial charge is 0.249 e. The molecule has 144 valence electrons. The Morgan fingerprint density at radius 2 is 1.71 bits per heavy atom. The lowest BCUT2D eigenvalue weighted by Gasteiger charge is -2.17. The zero-order valence-electron chi connectivity index (χ0n) is 15.5. The van der Waals surface area contributed by atoms with Gasteiger partial charge in [-0.1, -0.05) is 42.5 Å². The van der Waals surface area contributed by atoms with Crippen molar-refractivity contribution in [2.45, 2.75) is 12.5 Å². The molecule has 0 heterocycles. The number of carbonyl (C=O) groups is 2. The topological polar surface area (TPSA) is 87.7 Å². The number of ether oxygens (including phenoxy) is 1. The van der Waals surface area contributed by atoms with Crippen LogP contribution >= 0.6 is 0 Å². The first-order valence-corrected chi connectivity index (χ1v) is 8.92. The summed E-state index contributed by atoms with van der Waals surface area (Å²) in [6.45, 7) is -0.497. The maximum Gasteiger partial charge on any atom is 0.249 e. The number of rotatable bonds is 7.